The van der Waals surface area contributed by atoms with Crippen LogP contribution < -0.4 is 5.73 Å². The molecule has 0 saturated heterocycles. The Bertz CT molecular complexity index is 391. The highest BCUT2D eigenvalue weighted by Gasteiger charge is 1.96. The number of nitrogen functional groups attached to an aromatic ring is 1. The van der Waals surface area contributed by atoms with Crippen LogP contribution in [0.3, 0.4) is 0 Å². The molecule has 0 unspecified atom stereocenters. The molecule has 2 N–H and O–H groups in total. The van der Waals surface area contributed by atoms with E-state index in [1.165, 1.54) is 0 Å². The maximum Gasteiger partial charge on any atom is 0.384 e. The zero-order chi connectivity index (χ0) is 10.4. The largest absolute Gasteiger partial charge is 0.456 e. The number of rotatable bonds is 1. The molecule has 1 aromatic rings. The lowest BCUT2D eigenvalue weighted by molar-refractivity contribution is -0.136. The van der Waals surface area contributed by atoms with Crippen molar-refractivity contribution in [2.45, 2.75) is 6.92 Å². The first-order valence-electron chi connectivity index (χ1n) is 4.13. The number of nitrogens with zero attached hydrogens (tertiary/aromatic N) is 1. The van der Waals surface area contributed by atoms with Crippen LogP contribution in [0.2, 0.25) is 0 Å². The van der Waals surface area contributed by atoms with Crippen molar-refractivity contribution in [3.63, 3.8) is 0 Å². The highest BCUT2D eigenvalue weighted by Crippen LogP contribution is 2.03. The van der Waals surface area contributed by atoms with Crippen molar-refractivity contribution in [3.8, 4) is 11.8 Å². The van der Waals surface area contributed by atoms with Crippen molar-refractivity contribution in [1.29, 1.82) is 0 Å². The zero-order valence-electron chi connectivity index (χ0n) is 7.78. The van der Waals surface area contributed by atoms with Gasteiger partial charge in [0.15, 0.2) is 0 Å². The molecule has 1 rings (SSSR count). The van der Waals surface area contributed by atoms with Crippen LogP contribution in [-0.2, 0) is 9.53 Å². The highest BCUT2D eigenvalue weighted by molar-refractivity contribution is 5.89. The van der Waals surface area contributed by atoms with E-state index in [0.717, 1.165) is 0 Å². The molecule has 14 heavy (non-hydrogen) atoms. The Morgan fingerprint density at radius 3 is 3.14 bits per heavy atom. The van der Waals surface area contributed by atoms with Gasteiger partial charge in [0.2, 0.25) is 0 Å². The maximum atomic E-state index is 10.9. The smallest absolute Gasteiger partial charge is 0.384 e. The number of hydrogen-bond acceptors (Lipinski definition) is 4. The summed E-state index contributed by atoms with van der Waals surface area (Å²) in [6.07, 6.45) is 1.56. The quantitative estimate of drug-likeness (QED) is 0.519. The van der Waals surface area contributed by atoms with Crippen LogP contribution >= 0.6 is 0 Å². The van der Waals surface area contributed by atoms with Crippen LogP contribution in [0.25, 0.3) is 0 Å². The molecule has 0 aliphatic heterocycles. The zero-order valence-corrected chi connectivity index (χ0v) is 7.78. The van der Waals surface area contributed by atoms with E-state index in [1.807, 2.05) is 0 Å². The van der Waals surface area contributed by atoms with Crippen molar-refractivity contribution in [2.75, 3.05) is 12.3 Å². The van der Waals surface area contributed by atoms with E-state index in [1.54, 1.807) is 25.3 Å². The SMILES string of the molecule is CCOC(=O)C#Cc1cccnc1N. The third-order valence-electron chi connectivity index (χ3n) is 1.41. The first kappa shape index (κ1) is 10.1. The fraction of sp³-hybridized carbons (Fsp3) is 0.200. The van der Waals surface area contributed by atoms with Crippen LogP contribution in [0.1, 0.15) is 12.5 Å². The minimum atomic E-state index is -0.559. The number of pyridine rings is 1. The molecule has 0 radical (unpaired) electrons. The molecule has 0 amide bonds. The summed E-state index contributed by atoms with van der Waals surface area (Å²) in [6, 6.07) is 3.39. The summed E-state index contributed by atoms with van der Waals surface area (Å²) < 4.78 is 4.63. The van der Waals surface area contributed by atoms with Crippen LogP contribution in [0.15, 0.2) is 18.3 Å². The minimum Gasteiger partial charge on any atom is -0.456 e. The molecule has 72 valence electrons. The Balaban J connectivity index is 2.77. The molecule has 1 heterocycles. The molecule has 1 aromatic heterocycles. The van der Waals surface area contributed by atoms with Gasteiger partial charge in [0.05, 0.1) is 12.2 Å². The first-order valence-corrected chi connectivity index (χ1v) is 4.13. The fourth-order valence-corrected chi connectivity index (χ4v) is 0.809. The van der Waals surface area contributed by atoms with Gasteiger partial charge in [0.25, 0.3) is 0 Å². The number of hydrogen-bond donors (Lipinski definition) is 1. The average molecular weight is 190 g/mol. The summed E-state index contributed by atoms with van der Waals surface area (Å²) in [6.45, 7) is 2.04. The van der Waals surface area contributed by atoms with Crippen molar-refractivity contribution in [2.24, 2.45) is 0 Å². The van der Waals surface area contributed by atoms with Gasteiger partial charge in [0.1, 0.15) is 5.82 Å². The molecule has 0 aliphatic rings. The molecule has 0 spiro atoms. The van der Waals surface area contributed by atoms with Gasteiger partial charge >= 0.3 is 5.97 Å². The van der Waals surface area contributed by atoms with Gasteiger partial charge < -0.3 is 10.5 Å². The second-order valence-electron chi connectivity index (χ2n) is 2.41. The Labute approximate surface area is 82.1 Å². The molecule has 0 bridgehead atoms. The Morgan fingerprint density at radius 1 is 1.71 bits per heavy atom. The molecule has 0 aromatic carbocycles. The van der Waals surface area contributed by atoms with Crippen molar-refractivity contribution >= 4 is 11.8 Å². The van der Waals surface area contributed by atoms with E-state index < -0.39 is 5.97 Å². The Morgan fingerprint density at radius 2 is 2.50 bits per heavy atom. The molecule has 0 aliphatic carbocycles. The van der Waals surface area contributed by atoms with Gasteiger partial charge in [-0.15, -0.1) is 0 Å². The molecule has 0 atom stereocenters. The summed E-state index contributed by atoms with van der Waals surface area (Å²) in [4.78, 5) is 14.7. The lowest BCUT2D eigenvalue weighted by Gasteiger charge is -1.94. The van der Waals surface area contributed by atoms with Crippen LogP contribution in [0.5, 0.6) is 0 Å². The van der Waals surface area contributed by atoms with Crippen LogP contribution in [-0.4, -0.2) is 17.6 Å². The van der Waals surface area contributed by atoms with Gasteiger partial charge in [0, 0.05) is 12.1 Å². The van der Waals surface area contributed by atoms with E-state index in [4.69, 9.17) is 5.73 Å². The van der Waals surface area contributed by atoms with E-state index in [-0.39, 0.29) is 0 Å². The van der Waals surface area contributed by atoms with Gasteiger partial charge in [-0.3, -0.25) is 0 Å². The number of aromatic nitrogens is 1. The molecule has 4 heteroatoms. The fourth-order valence-electron chi connectivity index (χ4n) is 0.809. The lowest BCUT2D eigenvalue weighted by Crippen LogP contribution is -2.00. The second-order valence-corrected chi connectivity index (χ2v) is 2.41. The Hall–Kier alpha value is -2.02. The predicted molar refractivity (Wildman–Crippen MR) is 52.2 cm³/mol. The number of nitrogens with two attached hydrogens (primary N) is 1. The number of ether oxygens (including phenoxy) is 1. The molecular formula is C10H10N2O2. The topological polar surface area (TPSA) is 65.2 Å². The Kier molecular flexibility index (Phi) is 3.50. The third kappa shape index (κ3) is 2.79. The second kappa shape index (κ2) is 4.87. The molecule has 4 nitrogen and oxygen atoms in total. The van der Waals surface area contributed by atoms with Gasteiger partial charge in [-0.1, -0.05) is 5.92 Å². The van der Waals surface area contributed by atoms with Crippen molar-refractivity contribution < 1.29 is 9.53 Å². The van der Waals surface area contributed by atoms with E-state index in [2.05, 4.69) is 21.6 Å². The number of anilines is 1. The summed E-state index contributed by atoms with van der Waals surface area (Å²) >= 11 is 0. The van der Waals surface area contributed by atoms with E-state index in [0.29, 0.717) is 18.0 Å². The van der Waals surface area contributed by atoms with E-state index >= 15 is 0 Å². The maximum absolute atomic E-state index is 10.9. The summed E-state index contributed by atoms with van der Waals surface area (Å²) in [5.74, 6) is 4.65. The standard InChI is InChI=1S/C10H10N2O2/c1-2-14-9(13)6-5-8-4-3-7-12-10(8)11/h3-4,7H,2H2,1H3,(H2,11,12). The summed E-state index contributed by atoms with van der Waals surface area (Å²) in [5, 5.41) is 0. The van der Waals surface area contributed by atoms with Gasteiger partial charge in [-0.05, 0) is 19.1 Å². The number of carbonyl (C=O) groups is 1. The van der Waals surface area contributed by atoms with E-state index in [9.17, 15) is 4.79 Å². The number of esters is 1. The van der Waals surface area contributed by atoms with Crippen LogP contribution in [0, 0.1) is 11.8 Å². The van der Waals surface area contributed by atoms with Crippen LogP contribution in [0.4, 0.5) is 5.82 Å². The number of carbonyl (C=O) groups excluding carboxylic acids is 1. The molecule has 0 saturated carbocycles. The summed E-state index contributed by atoms with van der Waals surface area (Å²) in [5.41, 5.74) is 6.04. The summed E-state index contributed by atoms with van der Waals surface area (Å²) in [7, 11) is 0. The first-order chi connectivity index (χ1) is 6.74. The monoisotopic (exact) mass is 190 g/mol. The predicted octanol–water partition coefficient (Wildman–Crippen LogP) is 0.578. The van der Waals surface area contributed by atoms with Gasteiger partial charge in [-0.25, -0.2) is 9.78 Å². The normalized spacial score (nSPS) is 8.64. The van der Waals surface area contributed by atoms with Crippen molar-refractivity contribution in [1.82, 2.24) is 4.98 Å². The van der Waals surface area contributed by atoms with Gasteiger partial charge in [-0.2, -0.15) is 0 Å². The highest BCUT2D eigenvalue weighted by atomic mass is 16.5. The molecule has 0 fully saturated rings. The third-order valence-corrected chi connectivity index (χ3v) is 1.41. The average Bonchev–Trinajstić information content (AvgIpc) is 2.17. The van der Waals surface area contributed by atoms with Crippen molar-refractivity contribution in [3.05, 3.63) is 23.9 Å². The minimum absolute atomic E-state index is 0.310. The molecular weight excluding hydrogens is 180 g/mol. The lowest BCUT2D eigenvalue weighted by atomic mass is 10.2.